The van der Waals surface area contributed by atoms with Gasteiger partial charge in [0.25, 0.3) is 15.9 Å². The van der Waals surface area contributed by atoms with E-state index in [0.29, 0.717) is 17.1 Å². The SMILES string of the molecule is Cc1ccc(NS(=O)(=O)c2ccc(C(=O)Nc3cc(C)nn3C)cc2)cc1. The minimum atomic E-state index is -3.73. The summed E-state index contributed by atoms with van der Waals surface area (Å²) in [5.41, 5.74) is 2.66. The number of aryl methyl sites for hydroxylation is 3. The minimum Gasteiger partial charge on any atom is -0.307 e. The van der Waals surface area contributed by atoms with Crippen LogP contribution in [0.25, 0.3) is 0 Å². The molecule has 140 valence electrons. The number of nitrogens with zero attached hydrogens (tertiary/aromatic N) is 2. The number of carbonyl (C=O) groups excluding carboxylic acids is 1. The highest BCUT2D eigenvalue weighted by molar-refractivity contribution is 7.92. The van der Waals surface area contributed by atoms with Crippen molar-refractivity contribution in [3.8, 4) is 0 Å². The molecular formula is C19H20N4O3S. The van der Waals surface area contributed by atoms with Gasteiger partial charge in [-0.3, -0.25) is 14.2 Å². The maximum absolute atomic E-state index is 12.5. The first kappa shape index (κ1) is 18.7. The Morgan fingerprint density at radius 1 is 1.00 bits per heavy atom. The molecule has 2 aromatic carbocycles. The van der Waals surface area contributed by atoms with E-state index >= 15 is 0 Å². The molecule has 1 amide bonds. The van der Waals surface area contributed by atoms with E-state index in [1.165, 1.54) is 24.3 Å². The van der Waals surface area contributed by atoms with E-state index in [9.17, 15) is 13.2 Å². The topological polar surface area (TPSA) is 93.1 Å². The summed E-state index contributed by atoms with van der Waals surface area (Å²) in [7, 11) is -2.00. The molecular weight excluding hydrogens is 364 g/mol. The fourth-order valence-electron chi connectivity index (χ4n) is 2.54. The molecule has 8 heteroatoms. The largest absolute Gasteiger partial charge is 0.307 e. The third kappa shape index (κ3) is 4.35. The lowest BCUT2D eigenvalue weighted by atomic mass is 10.2. The van der Waals surface area contributed by atoms with Crippen molar-refractivity contribution in [1.82, 2.24) is 9.78 Å². The number of hydrogen-bond donors (Lipinski definition) is 2. The van der Waals surface area contributed by atoms with Gasteiger partial charge in [0.15, 0.2) is 0 Å². The van der Waals surface area contributed by atoms with Crippen molar-refractivity contribution in [2.45, 2.75) is 18.7 Å². The van der Waals surface area contributed by atoms with Crippen molar-refractivity contribution in [2.24, 2.45) is 7.05 Å². The van der Waals surface area contributed by atoms with E-state index in [2.05, 4.69) is 15.1 Å². The summed E-state index contributed by atoms with van der Waals surface area (Å²) in [4.78, 5) is 12.4. The van der Waals surface area contributed by atoms with Crippen molar-refractivity contribution < 1.29 is 13.2 Å². The average molecular weight is 384 g/mol. The van der Waals surface area contributed by atoms with Crippen LogP contribution in [-0.2, 0) is 17.1 Å². The summed E-state index contributed by atoms with van der Waals surface area (Å²) in [6, 6.07) is 14.6. The number of sulfonamides is 1. The highest BCUT2D eigenvalue weighted by Gasteiger charge is 2.16. The van der Waals surface area contributed by atoms with Crippen molar-refractivity contribution in [3.63, 3.8) is 0 Å². The van der Waals surface area contributed by atoms with Gasteiger partial charge in [-0.2, -0.15) is 5.10 Å². The van der Waals surface area contributed by atoms with Crippen molar-refractivity contribution in [1.29, 1.82) is 0 Å². The van der Waals surface area contributed by atoms with Crippen LogP contribution in [0.5, 0.6) is 0 Å². The first-order chi connectivity index (χ1) is 12.7. The molecule has 3 rings (SSSR count). The summed E-state index contributed by atoms with van der Waals surface area (Å²) in [5.74, 6) is 0.226. The fraction of sp³-hybridized carbons (Fsp3) is 0.158. The number of carbonyl (C=O) groups is 1. The van der Waals surface area contributed by atoms with E-state index in [1.807, 2.05) is 26.0 Å². The summed E-state index contributed by atoms with van der Waals surface area (Å²) in [6.45, 7) is 3.76. The standard InChI is InChI=1S/C19H20N4O3S/c1-13-4-8-16(9-5-13)22-27(25,26)17-10-6-15(7-11-17)19(24)20-18-12-14(2)21-23(18)3/h4-12,22H,1-3H3,(H,20,24). The lowest BCUT2D eigenvalue weighted by Gasteiger charge is -2.09. The van der Waals surface area contributed by atoms with Crippen molar-refractivity contribution >= 4 is 27.4 Å². The number of rotatable bonds is 5. The van der Waals surface area contributed by atoms with Crippen LogP contribution < -0.4 is 10.0 Å². The maximum atomic E-state index is 12.5. The molecule has 0 spiro atoms. The molecule has 0 radical (unpaired) electrons. The third-order valence-electron chi connectivity index (χ3n) is 3.97. The second-order valence-electron chi connectivity index (χ2n) is 6.24. The molecule has 0 saturated heterocycles. The molecule has 1 heterocycles. The molecule has 0 unspecified atom stereocenters. The van der Waals surface area contributed by atoms with Crippen molar-refractivity contribution in [3.05, 3.63) is 71.4 Å². The Bertz CT molecular complexity index is 1070. The van der Waals surface area contributed by atoms with Crippen LogP contribution >= 0.6 is 0 Å². The Hall–Kier alpha value is -3.13. The Morgan fingerprint density at radius 3 is 2.19 bits per heavy atom. The molecule has 1 aromatic heterocycles. The first-order valence-electron chi connectivity index (χ1n) is 8.26. The van der Waals surface area contributed by atoms with Crippen LogP contribution in [0.4, 0.5) is 11.5 Å². The Labute approximate surface area is 158 Å². The Balaban J connectivity index is 1.74. The molecule has 7 nitrogen and oxygen atoms in total. The van der Waals surface area contributed by atoms with Gasteiger partial charge in [0.2, 0.25) is 0 Å². The molecule has 27 heavy (non-hydrogen) atoms. The van der Waals surface area contributed by atoms with Gasteiger partial charge in [-0.05, 0) is 50.2 Å². The van der Waals surface area contributed by atoms with E-state index in [4.69, 9.17) is 0 Å². The quantitative estimate of drug-likeness (QED) is 0.707. The van der Waals surface area contributed by atoms with Crippen LogP contribution in [0.15, 0.2) is 59.5 Å². The second-order valence-corrected chi connectivity index (χ2v) is 7.93. The van der Waals surface area contributed by atoms with E-state index in [1.54, 1.807) is 29.9 Å². The Kier molecular flexibility index (Phi) is 5.00. The monoisotopic (exact) mass is 384 g/mol. The first-order valence-corrected chi connectivity index (χ1v) is 9.74. The minimum absolute atomic E-state index is 0.0796. The van der Waals surface area contributed by atoms with Gasteiger partial charge in [0.1, 0.15) is 5.82 Å². The summed E-state index contributed by atoms with van der Waals surface area (Å²) < 4.78 is 29.1. The normalized spacial score (nSPS) is 11.2. The van der Waals surface area contributed by atoms with E-state index < -0.39 is 10.0 Å². The summed E-state index contributed by atoms with van der Waals surface area (Å²) in [6.07, 6.45) is 0. The smallest absolute Gasteiger partial charge is 0.261 e. The van der Waals surface area contributed by atoms with Gasteiger partial charge in [-0.15, -0.1) is 0 Å². The van der Waals surface area contributed by atoms with Gasteiger partial charge in [-0.25, -0.2) is 8.42 Å². The third-order valence-corrected chi connectivity index (χ3v) is 5.37. The second kappa shape index (κ2) is 7.24. The zero-order chi connectivity index (χ0) is 19.6. The lowest BCUT2D eigenvalue weighted by Crippen LogP contribution is -2.16. The predicted octanol–water partition coefficient (Wildman–Crippen LogP) is 3.09. The van der Waals surface area contributed by atoms with Crippen LogP contribution in [0.2, 0.25) is 0 Å². The molecule has 2 N–H and O–H groups in total. The predicted molar refractivity (Wildman–Crippen MR) is 104 cm³/mol. The molecule has 0 aliphatic rings. The number of aromatic nitrogens is 2. The number of nitrogens with one attached hydrogen (secondary N) is 2. The molecule has 3 aromatic rings. The molecule has 0 atom stereocenters. The van der Waals surface area contributed by atoms with Crippen LogP contribution in [-0.4, -0.2) is 24.1 Å². The van der Waals surface area contributed by atoms with Crippen LogP contribution in [0.1, 0.15) is 21.6 Å². The average Bonchev–Trinajstić information content (AvgIpc) is 2.94. The van der Waals surface area contributed by atoms with Gasteiger partial charge >= 0.3 is 0 Å². The van der Waals surface area contributed by atoms with Gasteiger partial charge in [-0.1, -0.05) is 17.7 Å². The molecule has 0 aliphatic heterocycles. The van der Waals surface area contributed by atoms with Gasteiger partial charge in [0, 0.05) is 24.4 Å². The molecule has 0 aliphatic carbocycles. The van der Waals surface area contributed by atoms with Gasteiger partial charge in [0.05, 0.1) is 10.6 Å². The lowest BCUT2D eigenvalue weighted by molar-refractivity contribution is 0.102. The van der Waals surface area contributed by atoms with Crippen LogP contribution in [0.3, 0.4) is 0 Å². The number of benzene rings is 2. The molecule has 0 saturated carbocycles. The van der Waals surface area contributed by atoms with Gasteiger partial charge < -0.3 is 5.32 Å². The van der Waals surface area contributed by atoms with E-state index in [-0.39, 0.29) is 10.8 Å². The zero-order valence-corrected chi connectivity index (χ0v) is 16.0. The number of amides is 1. The fourth-order valence-corrected chi connectivity index (χ4v) is 3.60. The van der Waals surface area contributed by atoms with Crippen molar-refractivity contribution in [2.75, 3.05) is 10.0 Å². The number of hydrogen-bond acceptors (Lipinski definition) is 4. The van der Waals surface area contributed by atoms with Crippen LogP contribution in [0, 0.1) is 13.8 Å². The Morgan fingerprint density at radius 2 is 1.63 bits per heavy atom. The zero-order valence-electron chi connectivity index (χ0n) is 15.2. The highest BCUT2D eigenvalue weighted by atomic mass is 32.2. The highest BCUT2D eigenvalue weighted by Crippen LogP contribution is 2.18. The van der Waals surface area contributed by atoms with E-state index in [0.717, 1.165) is 11.3 Å². The maximum Gasteiger partial charge on any atom is 0.261 e. The summed E-state index contributed by atoms with van der Waals surface area (Å²) in [5, 5.41) is 6.91. The molecule has 0 bridgehead atoms. The summed E-state index contributed by atoms with van der Waals surface area (Å²) >= 11 is 0. The molecule has 0 fully saturated rings. The number of anilines is 2.